The van der Waals surface area contributed by atoms with Crippen LogP contribution >= 0.6 is 0 Å². The molecule has 0 spiro atoms. The molecule has 1 amide bonds. The molecule has 7 nitrogen and oxygen atoms in total. The number of nitrogens with one attached hydrogen (secondary N) is 1. The monoisotopic (exact) mass is 466 g/mol. The average Bonchev–Trinajstić information content (AvgIpc) is 3.42. The first-order valence-electron chi connectivity index (χ1n) is 11.1. The van der Waals surface area contributed by atoms with Crippen LogP contribution in [-0.4, -0.2) is 38.6 Å². The zero-order valence-corrected chi connectivity index (χ0v) is 19.4. The second kappa shape index (κ2) is 8.11. The van der Waals surface area contributed by atoms with Crippen LogP contribution in [0.15, 0.2) is 53.4 Å². The second-order valence-corrected chi connectivity index (χ2v) is 10.5. The third-order valence-corrected chi connectivity index (χ3v) is 7.76. The Morgan fingerprint density at radius 3 is 2.70 bits per heavy atom. The average molecular weight is 467 g/mol. The molecule has 0 unspecified atom stereocenters. The van der Waals surface area contributed by atoms with Crippen LogP contribution in [0.1, 0.15) is 36.1 Å². The van der Waals surface area contributed by atoms with Gasteiger partial charge in [0.15, 0.2) is 0 Å². The van der Waals surface area contributed by atoms with E-state index >= 15 is 0 Å². The Labute approximate surface area is 193 Å². The predicted molar refractivity (Wildman–Crippen MR) is 124 cm³/mol. The van der Waals surface area contributed by atoms with Crippen molar-refractivity contribution in [2.75, 3.05) is 13.2 Å². The van der Waals surface area contributed by atoms with Gasteiger partial charge >= 0.3 is 0 Å². The lowest BCUT2D eigenvalue weighted by molar-refractivity contribution is -0.121. The highest BCUT2D eigenvalue weighted by Gasteiger charge is 2.54. The number of nitrogens with zero attached hydrogens (tertiary/aromatic N) is 1. The number of benzene rings is 2. The van der Waals surface area contributed by atoms with Crippen LogP contribution in [0.5, 0.6) is 5.75 Å². The van der Waals surface area contributed by atoms with E-state index in [1.807, 2.05) is 32.0 Å². The molecule has 2 aromatic carbocycles. The van der Waals surface area contributed by atoms with Crippen molar-refractivity contribution < 1.29 is 22.7 Å². The van der Waals surface area contributed by atoms with Crippen molar-refractivity contribution >= 4 is 26.8 Å². The highest BCUT2D eigenvalue weighted by Crippen LogP contribution is 2.52. The lowest BCUT2D eigenvalue weighted by Crippen LogP contribution is -2.39. The van der Waals surface area contributed by atoms with Crippen molar-refractivity contribution in [2.24, 2.45) is 0 Å². The van der Waals surface area contributed by atoms with Gasteiger partial charge in [0.05, 0.1) is 29.0 Å². The first kappa shape index (κ1) is 21.9. The highest BCUT2D eigenvalue weighted by molar-refractivity contribution is 7.90. The number of fused-ring (bicyclic) bond motifs is 1. The number of aromatic nitrogens is 1. The van der Waals surface area contributed by atoms with Gasteiger partial charge in [-0.2, -0.15) is 0 Å². The molecule has 0 bridgehead atoms. The van der Waals surface area contributed by atoms with E-state index in [-0.39, 0.29) is 11.0 Å². The second-order valence-electron chi connectivity index (χ2n) is 8.90. The quantitative estimate of drug-likeness (QED) is 0.597. The minimum Gasteiger partial charge on any atom is -0.488 e. The number of hydrogen-bond acceptors (Lipinski definition) is 6. The fourth-order valence-corrected chi connectivity index (χ4v) is 5.66. The van der Waals surface area contributed by atoms with Crippen LogP contribution in [0, 0.1) is 13.8 Å². The van der Waals surface area contributed by atoms with Crippen LogP contribution < -0.4 is 9.46 Å². The lowest BCUT2D eigenvalue weighted by Gasteiger charge is -2.22. The summed E-state index contributed by atoms with van der Waals surface area (Å²) in [4.78, 5) is 17.8. The normalized spacial score (nSPS) is 19.4. The molecule has 1 saturated carbocycles. The Bertz CT molecular complexity index is 1340. The molecular formula is C25H26N2O5S. The molecule has 1 N–H and O–H groups in total. The molecule has 1 aliphatic heterocycles. The number of carbonyl (C=O) groups excluding carboxylic acids is 1. The summed E-state index contributed by atoms with van der Waals surface area (Å²) in [5.41, 5.74) is 2.17. The van der Waals surface area contributed by atoms with Crippen LogP contribution in [0.3, 0.4) is 0 Å². The minimum absolute atomic E-state index is 0.0418. The van der Waals surface area contributed by atoms with Crippen molar-refractivity contribution in [3.63, 3.8) is 0 Å². The Morgan fingerprint density at radius 2 is 1.97 bits per heavy atom. The number of rotatable bonds is 6. The summed E-state index contributed by atoms with van der Waals surface area (Å²) in [6, 6.07) is 14.1. The smallest absolute Gasteiger partial charge is 0.264 e. The third kappa shape index (κ3) is 4.09. The maximum atomic E-state index is 13.4. The Hall–Kier alpha value is -2.97. The van der Waals surface area contributed by atoms with Gasteiger partial charge in [-0.15, -0.1) is 0 Å². The molecule has 3 aromatic rings. The Morgan fingerprint density at radius 1 is 1.15 bits per heavy atom. The standard InChI is InChI=1S/C25H26N2O5S/c1-16-6-9-20(22(14-16)32-18-10-13-31-15-18)25(11-12-25)24(28)27-33(29,30)23-5-3-4-21-19(23)8-7-17(2)26-21/h3-9,14,18H,10-13,15H2,1-2H3,(H,27,28)/t18-/m0/s1. The number of pyridine rings is 1. The van der Waals surface area contributed by atoms with Gasteiger partial charge in [0.2, 0.25) is 5.91 Å². The van der Waals surface area contributed by atoms with Crippen molar-refractivity contribution in [3.05, 3.63) is 65.4 Å². The zero-order chi connectivity index (χ0) is 23.2. The molecule has 2 heterocycles. The molecule has 33 heavy (non-hydrogen) atoms. The zero-order valence-electron chi connectivity index (χ0n) is 18.6. The molecule has 8 heteroatoms. The maximum Gasteiger partial charge on any atom is 0.264 e. The van der Waals surface area contributed by atoms with Gasteiger partial charge < -0.3 is 9.47 Å². The van der Waals surface area contributed by atoms with Crippen molar-refractivity contribution in [2.45, 2.75) is 49.5 Å². The van der Waals surface area contributed by atoms with Crippen molar-refractivity contribution in [1.29, 1.82) is 0 Å². The van der Waals surface area contributed by atoms with Crippen molar-refractivity contribution in [3.8, 4) is 5.75 Å². The first-order valence-corrected chi connectivity index (χ1v) is 12.6. The Kier molecular flexibility index (Phi) is 5.37. The van der Waals surface area contributed by atoms with E-state index in [9.17, 15) is 13.2 Å². The number of carbonyl (C=O) groups is 1. The van der Waals surface area contributed by atoms with E-state index in [1.54, 1.807) is 24.3 Å². The van der Waals surface area contributed by atoms with Crippen LogP contribution in [0.25, 0.3) is 10.9 Å². The van der Waals surface area contributed by atoms with E-state index in [0.717, 1.165) is 23.2 Å². The summed E-state index contributed by atoms with van der Waals surface area (Å²) in [5, 5.41) is 0.480. The SMILES string of the molecule is Cc1ccc(C2(C(=O)NS(=O)(=O)c3cccc4nc(C)ccc34)CC2)c(O[C@H]2CCOC2)c1. The third-order valence-electron chi connectivity index (χ3n) is 6.37. The number of amides is 1. The summed E-state index contributed by atoms with van der Waals surface area (Å²) in [6.07, 6.45) is 1.84. The first-order chi connectivity index (χ1) is 15.8. The number of ether oxygens (including phenoxy) is 2. The Balaban J connectivity index is 1.46. The van der Waals surface area contributed by atoms with Gasteiger partial charge in [0, 0.05) is 23.1 Å². The van der Waals surface area contributed by atoms with Crippen LogP contribution in [-0.2, 0) is 25.0 Å². The fraction of sp³-hybridized carbons (Fsp3) is 0.360. The molecule has 1 aromatic heterocycles. The number of hydrogen-bond donors (Lipinski definition) is 1. The highest BCUT2D eigenvalue weighted by atomic mass is 32.2. The van der Waals surface area contributed by atoms with Gasteiger partial charge in [-0.25, -0.2) is 13.1 Å². The molecular weight excluding hydrogens is 440 g/mol. The molecule has 5 rings (SSSR count). The largest absolute Gasteiger partial charge is 0.488 e. The minimum atomic E-state index is -4.09. The summed E-state index contributed by atoms with van der Waals surface area (Å²) in [6.45, 7) is 4.96. The predicted octanol–water partition coefficient (Wildman–Crippen LogP) is 3.56. The van der Waals surface area contributed by atoms with Gasteiger partial charge in [0.1, 0.15) is 11.9 Å². The molecule has 2 aliphatic rings. The van der Waals surface area contributed by atoms with E-state index in [4.69, 9.17) is 9.47 Å². The van der Waals surface area contributed by atoms with Gasteiger partial charge in [-0.1, -0.05) is 18.2 Å². The summed E-state index contributed by atoms with van der Waals surface area (Å²) in [7, 11) is -4.09. The van der Waals surface area contributed by atoms with Gasteiger partial charge in [0.25, 0.3) is 10.0 Å². The van der Waals surface area contributed by atoms with Crippen LogP contribution in [0.4, 0.5) is 0 Å². The summed E-state index contributed by atoms with van der Waals surface area (Å²) >= 11 is 0. The molecule has 172 valence electrons. The molecule has 1 saturated heterocycles. The lowest BCUT2D eigenvalue weighted by atomic mass is 9.93. The summed E-state index contributed by atoms with van der Waals surface area (Å²) < 4.78 is 40.5. The van der Waals surface area contributed by atoms with Gasteiger partial charge in [-0.3, -0.25) is 9.78 Å². The number of aryl methyl sites for hydroxylation is 2. The molecule has 2 fully saturated rings. The van der Waals surface area contributed by atoms with Crippen LogP contribution in [0.2, 0.25) is 0 Å². The number of sulfonamides is 1. The molecule has 1 aliphatic carbocycles. The van der Waals surface area contributed by atoms with E-state index in [2.05, 4.69) is 9.71 Å². The van der Waals surface area contributed by atoms with E-state index in [0.29, 0.717) is 42.7 Å². The molecule has 1 atom stereocenters. The van der Waals surface area contributed by atoms with Gasteiger partial charge in [-0.05, 0) is 62.6 Å². The van der Waals surface area contributed by atoms with E-state index in [1.165, 1.54) is 6.07 Å². The summed E-state index contributed by atoms with van der Waals surface area (Å²) in [5.74, 6) is 0.0938. The fourth-order valence-electron chi connectivity index (χ4n) is 4.39. The molecule has 0 radical (unpaired) electrons. The maximum absolute atomic E-state index is 13.4. The van der Waals surface area contributed by atoms with Crippen molar-refractivity contribution in [1.82, 2.24) is 9.71 Å². The topological polar surface area (TPSA) is 94.6 Å². The van der Waals surface area contributed by atoms with E-state index < -0.39 is 21.3 Å².